The van der Waals surface area contributed by atoms with Crippen LogP contribution in [0.25, 0.3) is 0 Å². The van der Waals surface area contributed by atoms with Gasteiger partial charge in [-0.25, -0.2) is 9.98 Å². The van der Waals surface area contributed by atoms with E-state index in [1.54, 1.807) is 12.1 Å². The van der Waals surface area contributed by atoms with Crippen molar-refractivity contribution in [1.82, 2.24) is 0 Å². The van der Waals surface area contributed by atoms with Crippen LogP contribution in [0.5, 0.6) is 11.5 Å². The molecule has 3 aromatic rings. The molecule has 5 heteroatoms. The monoisotopic (exact) mass is 563 g/mol. The molecule has 2 atom stereocenters. The summed E-state index contributed by atoms with van der Waals surface area (Å²) in [5.74, 6) is 0.634. The molecule has 0 spiro atoms. The molecule has 0 fully saturated rings. The van der Waals surface area contributed by atoms with Gasteiger partial charge in [-0.2, -0.15) is 0 Å². The number of phenols is 2. The van der Waals surface area contributed by atoms with Crippen LogP contribution in [-0.4, -0.2) is 21.6 Å². The molecule has 0 radical (unpaired) electrons. The number of phenolic OH excluding ortho intramolecular Hbond substituents is 2. The number of para-hydroxylation sites is 2. The van der Waals surface area contributed by atoms with Crippen molar-refractivity contribution >= 4 is 22.8 Å². The fourth-order valence-corrected chi connectivity index (χ4v) is 4.24. The summed E-state index contributed by atoms with van der Waals surface area (Å²) < 4.78 is 0. The third kappa shape index (κ3) is 2.94. The Morgan fingerprint density at radius 3 is 1.38 bits per heavy atom. The van der Waals surface area contributed by atoms with Gasteiger partial charge in [-0.3, -0.25) is 0 Å². The number of hydrogen-bond acceptors (Lipinski definition) is 4. The van der Waals surface area contributed by atoms with E-state index in [9.17, 15) is 10.2 Å². The molecule has 0 bridgehead atoms. The molecule has 29 heavy (non-hydrogen) atoms. The summed E-state index contributed by atoms with van der Waals surface area (Å²) in [6.45, 7) is 4.21. The van der Waals surface area contributed by atoms with E-state index in [1.165, 1.54) is 0 Å². The van der Waals surface area contributed by atoms with E-state index in [4.69, 9.17) is 9.98 Å². The fraction of sp³-hybridized carbons (Fsp3) is 0.167. The maximum absolute atomic E-state index is 10.3. The number of fused-ring (bicyclic) bond motifs is 3. The zero-order valence-corrected chi connectivity index (χ0v) is 18.3. The van der Waals surface area contributed by atoms with Gasteiger partial charge in [0, 0.05) is 44.0 Å². The van der Waals surface area contributed by atoms with Gasteiger partial charge in [-0.15, -0.1) is 0 Å². The third-order valence-electron chi connectivity index (χ3n) is 5.79. The summed E-state index contributed by atoms with van der Waals surface area (Å²) in [4.78, 5) is 9.81. The van der Waals surface area contributed by atoms with E-state index in [1.807, 2.05) is 36.4 Å². The summed E-state index contributed by atoms with van der Waals surface area (Å²) in [5, 5.41) is 20.6. The number of aliphatic imine (C=N–C) groups is 2. The standard InChI is InChI=1S/C24H20N2O2.Pt/c1-13-15-11-12-16-14(2)22(18-8-4-6-10-20(18)28)26-24(16)23(15)25-21(13)17-7-3-5-9-19(17)27;/h3-14,27-28H,1-2H3;. The summed E-state index contributed by atoms with van der Waals surface area (Å²) in [6.07, 6.45) is 0. The van der Waals surface area contributed by atoms with E-state index in [-0.39, 0.29) is 44.4 Å². The van der Waals surface area contributed by atoms with Crippen LogP contribution in [-0.2, 0) is 21.1 Å². The Hall–Kier alpha value is -2.71. The predicted molar refractivity (Wildman–Crippen MR) is 112 cm³/mol. The number of rotatable bonds is 2. The Morgan fingerprint density at radius 2 is 1.00 bits per heavy atom. The van der Waals surface area contributed by atoms with Crippen LogP contribution in [0.4, 0.5) is 11.4 Å². The Balaban J connectivity index is 0.00000205. The van der Waals surface area contributed by atoms with Crippen LogP contribution in [0.3, 0.4) is 0 Å². The quantitative estimate of drug-likeness (QED) is 0.428. The van der Waals surface area contributed by atoms with Crippen LogP contribution in [0, 0.1) is 0 Å². The first-order valence-corrected chi connectivity index (χ1v) is 9.47. The molecule has 148 valence electrons. The zero-order chi connectivity index (χ0) is 19.4. The molecule has 0 amide bonds. The largest absolute Gasteiger partial charge is 0.507 e. The van der Waals surface area contributed by atoms with Gasteiger partial charge < -0.3 is 10.2 Å². The van der Waals surface area contributed by atoms with Gasteiger partial charge in [0.2, 0.25) is 0 Å². The number of hydrogen-bond donors (Lipinski definition) is 2. The van der Waals surface area contributed by atoms with Crippen LogP contribution in [0.15, 0.2) is 70.6 Å². The van der Waals surface area contributed by atoms with Gasteiger partial charge in [0.05, 0.1) is 22.8 Å². The molecule has 2 heterocycles. The minimum absolute atomic E-state index is 0. The molecule has 2 N–H and O–H groups in total. The van der Waals surface area contributed by atoms with Crippen molar-refractivity contribution in [1.29, 1.82) is 0 Å². The first-order chi connectivity index (χ1) is 13.6. The maximum Gasteiger partial charge on any atom is 0.124 e. The number of aromatic hydroxyl groups is 2. The number of benzene rings is 3. The average molecular weight is 564 g/mol. The summed E-state index contributed by atoms with van der Waals surface area (Å²) in [5.41, 5.74) is 7.23. The van der Waals surface area contributed by atoms with Gasteiger partial charge in [-0.1, -0.05) is 50.2 Å². The van der Waals surface area contributed by atoms with E-state index < -0.39 is 0 Å². The topological polar surface area (TPSA) is 65.2 Å². The Kier molecular flexibility index (Phi) is 4.92. The smallest absolute Gasteiger partial charge is 0.124 e. The molecule has 0 aliphatic carbocycles. The molecule has 4 nitrogen and oxygen atoms in total. The molecular formula is C24H20N2O2Pt. The third-order valence-corrected chi connectivity index (χ3v) is 5.79. The molecule has 5 rings (SSSR count). The molecule has 0 saturated carbocycles. The van der Waals surface area contributed by atoms with Gasteiger partial charge >= 0.3 is 0 Å². The van der Waals surface area contributed by atoms with E-state index >= 15 is 0 Å². The van der Waals surface area contributed by atoms with Crippen LogP contribution in [0.2, 0.25) is 0 Å². The Bertz CT molecular complexity index is 1090. The first kappa shape index (κ1) is 19.6. The van der Waals surface area contributed by atoms with E-state index in [0.29, 0.717) is 0 Å². The van der Waals surface area contributed by atoms with Gasteiger partial charge in [0.15, 0.2) is 0 Å². The maximum atomic E-state index is 10.3. The van der Waals surface area contributed by atoms with Crippen LogP contribution in [0.1, 0.15) is 47.9 Å². The molecule has 2 aliphatic rings. The van der Waals surface area contributed by atoms with Gasteiger partial charge in [0.25, 0.3) is 0 Å². The molecule has 2 unspecified atom stereocenters. The van der Waals surface area contributed by atoms with E-state index in [0.717, 1.165) is 45.1 Å². The molecule has 2 aliphatic heterocycles. The van der Waals surface area contributed by atoms with Crippen molar-refractivity contribution in [3.63, 3.8) is 0 Å². The fourth-order valence-electron chi connectivity index (χ4n) is 4.24. The number of nitrogens with zero attached hydrogens (tertiary/aromatic N) is 2. The van der Waals surface area contributed by atoms with Crippen molar-refractivity contribution < 1.29 is 31.3 Å². The summed E-state index contributed by atoms with van der Waals surface area (Å²) in [6, 6.07) is 18.9. The molecule has 0 saturated heterocycles. The van der Waals surface area contributed by atoms with Gasteiger partial charge in [0.1, 0.15) is 11.5 Å². The van der Waals surface area contributed by atoms with Gasteiger partial charge in [-0.05, 0) is 35.4 Å². The van der Waals surface area contributed by atoms with Crippen molar-refractivity contribution in [3.8, 4) is 11.5 Å². The van der Waals surface area contributed by atoms with Crippen LogP contribution >= 0.6 is 0 Å². The molecule has 0 aromatic heterocycles. The van der Waals surface area contributed by atoms with Crippen molar-refractivity contribution in [2.75, 3.05) is 0 Å². The molecule has 3 aromatic carbocycles. The Labute approximate surface area is 183 Å². The summed E-state index contributed by atoms with van der Waals surface area (Å²) >= 11 is 0. The van der Waals surface area contributed by atoms with Crippen molar-refractivity contribution in [3.05, 3.63) is 82.9 Å². The average Bonchev–Trinajstić information content (AvgIpc) is 3.20. The summed E-state index contributed by atoms with van der Waals surface area (Å²) in [7, 11) is 0. The predicted octanol–water partition coefficient (Wildman–Crippen LogP) is 5.57. The second-order valence-corrected chi connectivity index (χ2v) is 7.41. The SMILES string of the molecule is CC1C(c2ccccc2O)=Nc2c1ccc1c2N=C(c2ccccc2O)C1C.[Pt]. The minimum atomic E-state index is 0. The van der Waals surface area contributed by atoms with Crippen LogP contribution < -0.4 is 0 Å². The van der Waals surface area contributed by atoms with Crippen molar-refractivity contribution in [2.24, 2.45) is 9.98 Å². The van der Waals surface area contributed by atoms with Crippen molar-refractivity contribution in [2.45, 2.75) is 25.7 Å². The Morgan fingerprint density at radius 1 is 0.621 bits per heavy atom. The molecular weight excluding hydrogens is 543 g/mol. The zero-order valence-electron chi connectivity index (χ0n) is 16.0. The first-order valence-electron chi connectivity index (χ1n) is 9.47. The second-order valence-electron chi connectivity index (χ2n) is 7.41. The van der Waals surface area contributed by atoms with E-state index in [2.05, 4.69) is 26.0 Å². The second kappa shape index (κ2) is 7.27. The normalized spacial score (nSPS) is 19.1. The minimum Gasteiger partial charge on any atom is -0.507 e.